The summed E-state index contributed by atoms with van der Waals surface area (Å²) in [6.45, 7) is 0.561. The molecule has 0 amide bonds. The van der Waals surface area contributed by atoms with Gasteiger partial charge in [-0.15, -0.1) is 0 Å². The average Bonchev–Trinajstić information content (AvgIpc) is 3.11. The molecule has 0 radical (unpaired) electrons. The number of rotatable bonds is 2. The van der Waals surface area contributed by atoms with E-state index in [1.807, 2.05) is 11.0 Å². The second kappa shape index (κ2) is 7.08. The summed E-state index contributed by atoms with van der Waals surface area (Å²) in [6, 6.07) is 12.4. The van der Waals surface area contributed by atoms with Gasteiger partial charge in [-0.25, -0.2) is 18.7 Å². The number of hydrogen-bond acceptors (Lipinski definition) is 4. The molecular weight excluding hydrogens is 408 g/mol. The summed E-state index contributed by atoms with van der Waals surface area (Å²) in [5, 5.41) is 10.1. The number of nitrogens with zero attached hydrogens (tertiary/aromatic N) is 4. The summed E-state index contributed by atoms with van der Waals surface area (Å²) < 4.78 is 27.6. The first-order valence-corrected chi connectivity index (χ1v) is 9.67. The number of benzene rings is 2. The van der Waals surface area contributed by atoms with Crippen molar-refractivity contribution in [2.45, 2.75) is 12.5 Å². The molecule has 5 rings (SSSR count). The highest BCUT2D eigenvalue weighted by Gasteiger charge is 2.33. The van der Waals surface area contributed by atoms with E-state index in [4.69, 9.17) is 11.6 Å². The standard InChI is InChI=1S/C22H14ClF2N5/c23-17-9-16-15-6-8-30(22-27-7-5-14(11-26)28-22)21(12-1-3-13(24)4-2-12)20(15)29-19(16)10-18(17)25/h1-5,7,9-10,21,29H,6,8H2. The van der Waals surface area contributed by atoms with Crippen LogP contribution < -0.4 is 4.90 Å². The Morgan fingerprint density at radius 3 is 2.73 bits per heavy atom. The third-order valence-electron chi connectivity index (χ3n) is 5.37. The lowest BCUT2D eigenvalue weighted by atomic mass is 9.92. The predicted octanol–water partition coefficient (Wildman–Crippen LogP) is 4.91. The summed E-state index contributed by atoms with van der Waals surface area (Å²) in [5.74, 6) is -0.436. The normalized spacial score (nSPS) is 15.8. The van der Waals surface area contributed by atoms with E-state index in [0.29, 0.717) is 24.4 Å². The fourth-order valence-electron chi connectivity index (χ4n) is 4.04. The Labute approximate surface area is 175 Å². The van der Waals surface area contributed by atoms with E-state index in [9.17, 15) is 14.0 Å². The zero-order valence-corrected chi connectivity index (χ0v) is 16.3. The van der Waals surface area contributed by atoms with Crippen LogP contribution in [-0.4, -0.2) is 21.5 Å². The number of hydrogen-bond donors (Lipinski definition) is 1. The maximum atomic E-state index is 14.0. The Morgan fingerprint density at radius 2 is 1.97 bits per heavy atom. The first-order valence-electron chi connectivity index (χ1n) is 9.30. The summed E-state index contributed by atoms with van der Waals surface area (Å²) in [6.07, 6.45) is 2.19. The van der Waals surface area contributed by atoms with Crippen LogP contribution >= 0.6 is 11.6 Å². The molecule has 4 aromatic rings. The van der Waals surface area contributed by atoms with Gasteiger partial charge in [-0.05, 0) is 47.9 Å². The number of halogens is 3. The molecular formula is C22H14ClF2N5. The number of nitrogens with one attached hydrogen (secondary N) is 1. The van der Waals surface area contributed by atoms with Crippen molar-refractivity contribution in [1.29, 1.82) is 5.26 Å². The van der Waals surface area contributed by atoms with E-state index in [0.717, 1.165) is 22.2 Å². The lowest BCUT2D eigenvalue weighted by Crippen LogP contribution is -2.37. The van der Waals surface area contributed by atoms with Crippen molar-refractivity contribution in [3.8, 4) is 6.07 Å². The molecule has 1 unspecified atom stereocenters. The molecule has 3 heterocycles. The number of aromatic amines is 1. The lowest BCUT2D eigenvalue weighted by Gasteiger charge is -2.36. The Hall–Kier alpha value is -3.50. The van der Waals surface area contributed by atoms with Crippen molar-refractivity contribution in [3.05, 3.63) is 87.8 Å². The maximum absolute atomic E-state index is 14.0. The van der Waals surface area contributed by atoms with Crippen molar-refractivity contribution in [2.24, 2.45) is 0 Å². The highest BCUT2D eigenvalue weighted by molar-refractivity contribution is 6.31. The molecule has 1 N–H and O–H groups in total. The third-order valence-corrected chi connectivity index (χ3v) is 5.66. The number of fused-ring (bicyclic) bond motifs is 3. The van der Waals surface area contributed by atoms with Crippen molar-refractivity contribution in [2.75, 3.05) is 11.4 Å². The lowest BCUT2D eigenvalue weighted by molar-refractivity contribution is 0.612. The zero-order chi connectivity index (χ0) is 20.8. The molecule has 5 nitrogen and oxygen atoms in total. The van der Waals surface area contributed by atoms with E-state index >= 15 is 0 Å². The Balaban J connectivity index is 1.72. The van der Waals surface area contributed by atoms with Crippen LogP contribution in [0.15, 0.2) is 48.7 Å². The van der Waals surface area contributed by atoms with Gasteiger partial charge in [0.25, 0.3) is 0 Å². The monoisotopic (exact) mass is 421 g/mol. The van der Waals surface area contributed by atoms with E-state index in [1.165, 1.54) is 18.2 Å². The molecule has 0 saturated heterocycles. The summed E-state index contributed by atoms with van der Waals surface area (Å²) in [5.41, 5.74) is 3.59. The topological polar surface area (TPSA) is 68.6 Å². The van der Waals surface area contributed by atoms with Crippen LogP contribution in [0.3, 0.4) is 0 Å². The van der Waals surface area contributed by atoms with Gasteiger partial charge in [-0.3, -0.25) is 0 Å². The first-order chi connectivity index (χ1) is 14.5. The molecule has 2 aromatic carbocycles. The minimum Gasteiger partial charge on any atom is -0.356 e. The number of nitriles is 1. The smallest absolute Gasteiger partial charge is 0.227 e. The number of anilines is 1. The summed E-state index contributed by atoms with van der Waals surface area (Å²) >= 11 is 6.02. The molecule has 30 heavy (non-hydrogen) atoms. The second-order valence-corrected chi connectivity index (χ2v) is 7.49. The van der Waals surface area contributed by atoms with Crippen molar-refractivity contribution in [3.63, 3.8) is 0 Å². The van der Waals surface area contributed by atoms with Gasteiger partial charge in [-0.1, -0.05) is 23.7 Å². The fourth-order valence-corrected chi connectivity index (χ4v) is 4.21. The quantitative estimate of drug-likeness (QED) is 0.499. The molecule has 0 saturated carbocycles. The van der Waals surface area contributed by atoms with Gasteiger partial charge in [-0.2, -0.15) is 5.26 Å². The first kappa shape index (κ1) is 18.5. The molecule has 0 fully saturated rings. The van der Waals surface area contributed by atoms with Gasteiger partial charge in [0, 0.05) is 29.3 Å². The van der Waals surface area contributed by atoms with E-state index in [1.54, 1.807) is 30.5 Å². The molecule has 0 bridgehead atoms. The minimum atomic E-state index is -0.497. The van der Waals surface area contributed by atoms with Gasteiger partial charge in [0.2, 0.25) is 5.95 Å². The molecule has 8 heteroatoms. The van der Waals surface area contributed by atoms with Crippen LogP contribution in [0, 0.1) is 23.0 Å². The summed E-state index contributed by atoms with van der Waals surface area (Å²) in [4.78, 5) is 14.0. The largest absolute Gasteiger partial charge is 0.356 e. The second-order valence-electron chi connectivity index (χ2n) is 7.08. The van der Waals surface area contributed by atoms with Crippen molar-refractivity contribution >= 4 is 28.5 Å². The molecule has 0 spiro atoms. The van der Waals surface area contributed by atoms with E-state index in [2.05, 4.69) is 15.0 Å². The van der Waals surface area contributed by atoms with Crippen molar-refractivity contribution in [1.82, 2.24) is 15.0 Å². The molecule has 1 aliphatic heterocycles. The summed E-state index contributed by atoms with van der Waals surface area (Å²) in [7, 11) is 0. The minimum absolute atomic E-state index is 0.0649. The molecule has 1 atom stereocenters. The Kier molecular flexibility index (Phi) is 4.37. The third kappa shape index (κ3) is 2.97. The van der Waals surface area contributed by atoms with Crippen molar-refractivity contribution < 1.29 is 8.78 Å². The highest BCUT2D eigenvalue weighted by Crippen LogP contribution is 2.40. The predicted molar refractivity (Wildman–Crippen MR) is 109 cm³/mol. The molecule has 1 aliphatic rings. The zero-order valence-electron chi connectivity index (χ0n) is 15.5. The van der Waals surface area contributed by atoms with Crippen LogP contribution in [0.1, 0.15) is 28.6 Å². The fraction of sp³-hybridized carbons (Fsp3) is 0.136. The van der Waals surface area contributed by atoms with Gasteiger partial charge in [0.1, 0.15) is 23.4 Å². The van der Waals surface area contributed by atoms with Gasteiger partial charge in [0.15, 0.2) is 0 Å². The van der Waals surface area contributed by atoms with Crippen LogP contribution in [0.5, 0.6) is 0 Å². The number of aromatic nitrogens is 3. The van der Waals surface area contributed by atoms with Gasteiger partial charge >= 0.3 is 0 Å². The van der Waals surface area contributed by atoms with Crippen LogP contribution in [0.4, 0.5) is 14.7 Å². The van der Waals surface area contributed by atoms with E-state index in [-0.39, 0.29) is 22.6 Å². The molecule has 148 valence electrons. The van der Waals surface area contributed by atoms with Crippen LogP contribution in [0.2, 0.25) is 5.02 Å². The van der Waals surface area contributed by atoms with Crippen LogP contribution in [0.25, 0.3) is 10.9 Å². The van der Waals surface area contributed by atoms with Gasteiger partial charge < -0.3 is 9.88 Å². The molecule has 2 aromatic heterocycles. The van der Waals surface area contributed by atoms with Crippen LogP contribution in [-0.2, 0) is 6.42 Å². The van der Waals surface area contributed by atoms with Gasteiger partial charge in [0.05, 0.1) is 11.1 Å². The average molecular weight is 422 g/mol. The Bertz CT molecular complexity index is 1310. The SMILES string of the molecule is N#Cc1ccnc(N2CCc3c([nH]c4cc(F)c(Cl)cc34)C2c2ccc(F)cc2)n1. The molecule has 0 aliphatic carbocycles. The number of H-pyrrole nitrogens is 1. The highest BCUT2D eigenvalue weighted by atomic mass is 35.5. The maximum Gasteiger partial charge on any atom is 0.227 e. The van der Waals surface area contributed by atoms with E-state index < -0.39 is 5.82 Å². The Morgan fingerprint density at radius 1 is 1.17 bits per heavy atom.